The van der Waals surface area contributed by atoms with Crippen molar-refractivity contribution >= 4 is 44.1 Å². The molecule has 1 heterocycles. The van der Waals surface area contributed by atoms with Crippen molar-refractivity contribution in [1.29, 1.82) is 0 Å². The summed E-state index contributed by atoms with van der Waals surface area (Å²) in [7, 11) is 0. The summed E-state index contributed by atoms with van der Waals surface area (Å²) in [4.78, 5) is 27.2. The Bertz CT molecular complexity index is 1220. The van der Waals surface area contributed by atoms with Crippen LogP contribution in [0.15, 0.2) is 33.5 Å². The van der Waals surface area contributed by atoms with Gasteiger partial charge in [-0.2, -0.15) is 13.2 Å². The van der Waals surface area contributed by atoms with E-state index in [1.807, 2.05) is 0 Å². The van der Waals surface area contributed by atoms with Gasteiger partial charge < -0.3 is 10.3 Å². The summed E-state index contributed by atoms with van der Waals surface area (Å²) in [6, 6.07) is 3.12. The molecule has 3 aromatic rings. The van der Waals surface area contributed by atoms with Gasteiger partial charge in [-0.05, 0) is 47.1 Å². The molecule has 2 aromatic carbocycles. The highest BCUT2D eigenvalue weighted by molar-refractivity contribution is 9.10. The van der Waals surface area contributed by atoms with Crippen molar-refractivity contribution in [3.63, 3.8) is 0 Å². The maximum Gasteiger partial charge on any atom is 0.417 e. The van der Waals surface area contributed by atoms with Gasteiger partial charge in [0, 0.05) is 4.47 Å². The van der Waals surface area contributed by atoms with Crippen molar-refractivity contribution in [3.05, 3.63) is 67.5 Å². The van der Waals surface area contributed by atoms with E-state index < -0.39 is 62.9 Å². The summed E-state index contributed by atoms with van der Waals surface area (Å²) in [5.74, 6) is -6.30. The van der Waals surface area contributed by atoms with Crippen LogP contribution in [0.3, 0.4) is 0 Å². The molecule has 0 aliphatic rings. The smallest absolute Gasteiger partial charge is 0.340 e. The summed E-state index contributed by atoms with van der Waals surface area (Å²) in [5, 5.41) is 1.45. The van der Waals surface area contributed by atoms with Crippen LogP contribution in [0.1, 0.15) is 22.8 Å². The van der Waals surface area contributed by atoms with Gasteiger partial charge in [-0.15, -0.1) is 0 Å². The molecule has 0 aliphatic heterocycles. The van der Waals surface area contributed by atoms with E-state index >= 15 is 0 Å². The Morgan fingerprint density at radius 1 is 1.07 bits per heavy atom. The van der Waals surface area contributed by atoms with Gasteiger partial charge in [0.25, 0.3) is 0 Å². The summed E-state index contributed by atoms with van der Waals surface area (Å²) in [6.07, 6.45) is -4.89. The lowest BCUT2D eigenvalue weighted by Crippen LogP contribution is -2.21. The standard InChI is InChI=1S/C18H9BrF6N2O2/c1-6(28)11-16(29)12-7(18(23,24)25)2-3-8(19)15(12)27-17(11)26-10-5-4-9(20)13(21)14(10)22/h2-5H,1H3,(H2,26,27,29). The molecule has 0 bridgehead atoms. The van der Waals surface area contributed by atoms with Gasteiger partial charge in [-0.1, -0.05) is 0 Å². The van der Waals surface area contributed by atoms with Crippen LogP contribution >= 0.6 is 15.9 Å². The third-order valence-corrected chi connectivity index (χ3v) is 4.72. The van der Waals surface area contributed by atoms with Gasteiger partial charge >= 0.3 is 6.18 Å². The number of carbonyl (C=O) groups excluding carboxylic acids is 1. The third kappa shape index (κ3) is 3.61. The molecular formula is C18H9BrF6N2O2. The molecular weight excluding hydrogens is 470 g/mol. The number of alkyl halides is 3. The molecule has 1 aromatic heterocycles. The summed E-state index contributed by atoms with van der Waals surface area (Å²) in [5.41, 5.74) is -4.22. The zero-order valence-electron chi connectivity index (χ0n) is 14.3. The maximum absolute atomic E-state index is 14.0. The van der Waals surface area contributed by atoms with Crippen LogP contribution < -0.4 is 10.7 Å². The molecule has 0 amide bonds. The first-order valence-corrected chi connectivity index (χ1v) is 8.60. The molecule has 29 heavy (non-hydrogen) atoms. The van der Waals surface area contributed by atoms with Crippen molar-refractivity contribution < 1.29 is 31.1 Å². The topological polar surface area (TPSA) is 62.0 Å². The van der Waals surface area contributed by atoms with E-state index in [2.05, 4.69) is 26.2 Å². The van der Waals surface area contributed by atoms with Crippen molar-refractivity contribution in [2.75, 3.05) is 5.32 Å². The first-order chi connectivity index (χ1) is 13.4. The van der Waals surface area contributed by atoms with Crippen molar-refractivity contribution in [3.8, 4) is 0 Å². The lowest BCUT2D eigenvalue weighted by molar-refractivity contribution is -0.136. The molecule has 4 nitrogen and oxygen atoms in total. The molecule has 0 unspecified atom stereocenters. The minimum atomic E-state index is -4.89. The molecule has 0 fully saturated rings. The van der Waals surface area contributed by atoms with E-state index in [-0.39, 0.29) is 9.99 Å². The molecule has 0 radical (unpaired) electrons. The zero-order chi connectivity index (χ0) is 21.7. The summed E-state index contributed by atoms with van der Waals surface area (Å²) in [6.45, 7) is 0.925. The van der Waals surface area contributed by atoms with Crippen molar-refractivity contribution in [1.82, 2.24) is 4.98 Å². The minimum Gasteiger partial charge on any atom is -0.340 e. The Morgan fingerprint density at radius 2 is 1.72 bits per heavy atom. The Morgan fingerprint density at radius 3 is 2.31 bits per heavy atom. The van der Waals surface area contributed by atoms with Gasteiger partial charge in [0.15, 0.2) is 23.2 Å². The second kappa shape index (κ2) is 7.21. The number of aromatic amines is 1. The maximum atomic E-state index is 14.0. The second-order valence-corrected chi connectivity index (χ2v) is 6.81. The fourth-order valence-electron chi connectivity index (χ4n) is 2.78. The molecule has 11 heteroatoms. The number of benzene rings is 2. The number of nitrogens with one attached hydrogen (secondary N) is 2. The van der Waals surface area contributed by atoms with Crippen LogP contribution in [0.25, 0.3) is 10.9 Å². The van der Waals surface area contributed by atoms with Crippen LogP contribution in [0.4, 0.5) is 37.8 Å². The molecule has 0 spiro atoms. The van der Waals surface area contributed by atoms with Gasteiger partial charge in [-0.3, -0.25) is 9.59 Å². The minimum absolute atomic E-state index is 0.0570. The molecule has 3 rings (SSSR count). The van der Waals surface area contributed by atoms with Crippen LogP contribution in [-0.2, 0) is 6.18 Å². The van der Waals surface area contributed by atoms with Crippen molar-refractivity contribution in [2.24, 2.45) is 0 Å². The normalized spacial score (nSPS) is 11.7. The Balaban J connectivity index is 2.36. The number of fused-ring (bicyclic) bond motifs is 1. The number of carbonyl (C=O) groups is 1. The SMILES string of the molecule is CC(=O)c1c(Nc2ccc(F)c(F)c2F)[nH]c2c(Br)ccc(C(F)(F)F)c2c1=O. The molecule has 152 valence electrons. The van der Waals surface area contributed by atoms with Crippen LogP contribution in [0.2, 0.25) is 0 Å². The molecule has 0 atom stereocenters. The van der Waals surface area contributed by atoms with Gasteiger partial charge in [0.1, 0.15) is 11.4 Å². The van der Waals surface area contributed by atoms with E-state index in [9.17, 15) is 35.9 Å². The van der Waals surface area contributed by atoms with Crippen LogP contribution in [0.5, 0.6) is 0 Å². The lowest BCUT2D eigenvalue weighted by atomic mass is 10.0. The highest BCUT2D eigenvalue weighted by atomic mass is 79.9. The number of hydrogen-bond acceptors (Lipinski definition) is 3. The number of Topliss-reactive ketones (excluding diaryl/α,β-unsaturated/α-hetero) is 1. The predicted octanol–water partition coefficient (Wildman–Crippen LogP) is 5.67. The van der Waals surface area contributed by atoms with Gasteiger partial charge in [0.2, 0.25) is 5.43 Å². The number of H-pyrrole nitrogens is 1. The lowest BCUT2D eigenvalue weighted by Gasteiger charge is -2.16. The largest absolute Gasteiger partial charge is 0.417 e. The van der Waals surface area contributed by atoms with E-state index in [4.69, 9.17) is 0 Å². The Labute approximate surface area is 166 Å². The second-order valence-electron chi connectivity index (χ2n) is 5.95. The number of halogens is 7. The molecule has 2 N–H and O–H groups in total. The first-order valence-electron chi connectivity index (χ1n) is 7.80. The van der Waals surface area contributed by atoms with Gasteiger partial charge in [0.05, 0.1) is 22.2 Å². The van der Waals surface area contributed by atoms with E-state index in [1.54, 1.807) is 0 Å². The highest BCUT2D eigenvalue weighted by Crippen LogP contribution is 2.37. The number of anilines is 2. The fourth-order valence-corrected chi connectivity index (χ4v) is 3.21. The Kier molecular flexibility index (Phi) is 5.20. The quantitative estimate of drug-likeness (QED) is 0.289. The highest BCUT2D eigenvalue weighted by Gasteiger charge is 2.35. The fraction of sp³-hybridized carbons (Fsp3) is 0.111. The number of rotatable bonds is 3. The first kappa shape index (κ1) is 20.9. The van der Waals surface area contributed by atoms with Gasteiger partial charge in [-0.25, -0.2) is 13.2 Å². The van der Waals surface area contributed by atoms with Crippen LogP contribution in [-0.4, -0.2) is 10.8 Å². The van der Waals surface area contributed by atoms with Crippen LogP contribution in [0, 0.1) is 17.5 Å². The zero-order valence-corrected chi connectivity index (χ0v) is 15.9. The van der Waals surface area contributed by atoms with E-state index in [0.717, 1.165) is 19.1 Å². The van der Waals surface area contributed by atoms with E-state index in [1.165, 1.54) is 0 Å². The Hall–Kier alpha value is -2.82. The molecule has 0 aliphatic carbocycles. The number of hydrogen-bond donors (Lipinski definition) is 2. The number of pyridine rings is 1. The number of ketones is 1. The summed E-state index contributed by atoms with van der Waals surface area (Å²) >= 11 is 3.01. The van der Waals surface area contributed by atoms with Crippen molar-refractivity contribution in [2.45, 2.75) is 13.1 Å². The number of aromatic nitrogens is 1. The third-order valence-electron chi connectivity index (χ3n) is 4.06. The summed E-state index contributed by atoms with van der Waals surface area (Å²) < 4.78 is 80.7. The monoisotopic (exact) mass is 478 g/mol. The molecule has 0 saturated carbocycles. The van der Waals surface area contributed by atoms with E-state index in [0.29, 0.717) is 12.1 Å². The average molecular weight is 479 g/mol. The molecule has 0 saturated heterocycles. The average Bonchev–Trinajstić information content (AvgIpc) is 2.62. The predicted molar refractivity (Wildman–Crippen MR) is 96.9 cm³/mol.